The third-order valence-electron chi connectivity index (χ3n) is 4.67. The van der Waals surface area contributed by atoms with E-state index in [9.17, 15) is 14.0 Å². The van der Waals surface area contributed by atoms with Crippen molar-refractivity contribution >= 4 is 17.5 Å². The van der Waals surface area contributed by atoms with Crippen LogP contribution in [0, 0.1) is 11.7 Å². The van der Waals surface area contributed by atoms with Crippen molar-refractivity contribution in [2.45, 2.75) is 19.8 Å². The van der Waals surface area contributed by atoms with Gasteiger partial charge in [0.15, 0.2) is 11.6 Å². The number of ether oxygens (including phenoxy) is 2. The van der Waals surface area contributed by atoms with Gasteiger partial charge in [0.2, 0.25) is 11.8 Å². The van der Waals surface area contributed by atoms with E-state index in [1.807, 2.05) is 31.2 Å². The number of nitrogens with zero attached hydrogens (tertiary/aromatic N) is 1. The summed E-state index contributed by atoms with van der Waals surface area (Å²) < 4.78 is 24.2. The monoisotopic (exact) mass is 400 g/mol. The van der Waals surface area contributed by atoms with Gasteiger partial charge in [0.05, 0.1) is 19.1 Å². The predicted molar refractivity (Wildman–Crippen MR) is 108 cm³/mol. The summed E-state index contributed by atoms with van der Waals surface area (Å²) in [5.74, 6) is -0.0761. The highest BCUT2D eigenvalue weighted by atomic mass is 19.1. The molecule has 0 aromatic heterocycles. The second-order valence-electron chi connectivity index (χ2n) is 6.76. The molecule has 1 unspecified atom stereocenters. The highest BCUT2D eigenvalue weighted by Gasteiger charge is 2.34. The lowest BCUT2D eigenvalue weighted by Gasteiger charge is -2.17. The van der Waals surface area contributed by atoms with Gasteiger partial charge in [-0.05, 0) is 49.7 Å². The molecule has 1 N–H and O–H groups in total. The number of rotatable bonds is 9. The number of benzene rings is 2. The molecule has 1 heterocycles. The minimum absolute atomic E-state index is 0.0720. The number of hydrogen-bond acceptors (Lipinski definition) is 4. The van der Waals surface area contributed by atoms with E-state index >= 15 is 0 Å². The summed E-state index contributed by atoms with van der Waals surface area (Å²) in [4.78, 5) is 26.3. The van der Waals surface area contributed by atoms with E-state index in [1.165, 1.54) is 6.07 Å². The Balaban J connectivity index is 1.42. The Morgan fingerprint density at radius 1 is 1.17 bits per heavy atom. The fourth-order valence-electron chi connectivity index (χ4n) is 3.19. The lowest BCUT2D eigenvalue weighted by molar-refractivity contribution is -0.126. The van der Waals surface area contributed by atoms with Crippen molar-refractivity contribution in [1.82, 2.24) is 5.32 Å². The maximum Gasteiger partial charge on any atom is 0.227 e. The number of anilines is 1. The van der Waals surface area contributed by atoms with E-state index in [0.29, 0.717) is 32.7 Å². The topological polar surface area (TPSA) is 67.9 Å². The molecule has 7 heteroatoms. The zero-order valence-corrected chi connectivity index (χ0v) is 16.4. The summed E-state index contributed by atoms with van der Waals surface area (Å²) in [7, 11) is 0. The summed E-state index contributed by atoms with van der Waals surface area (Å²) in [5.41, 5.74) is 0.757. The number of hydrogen-bond donors (Lipinski definition) is 1. The van der Waals surface area contributed by atoms with Gasteiger partial charge in [-0.1, -0.05) is 12.1 Å². The average Bonchev–Trinajstić information content (AvgIpc) is 3.11. The van der Waals surface area contributed by atoms with Crippen molar-refractivity contribution in [2.24, 2.45) is 5.92 Å². The molecule has 1 saturated heterocycles. The Bertz CT molecular complexity index is 841. The number of halogens is 1. The quantitative estimate of drug-likeness (QED) is 0.657. The SMILES string of the molecule is CCOc1ccc(N2CC(C(=O)NCCCOc3ccccc3F)CC2=O)cc1. The van der Waals surface area contributed by atoms with Gasteiger partial charge in [0.1, 0.15) is 5.75 Å². The van der Waals surface area contributed by atoms with E-state index in [2.05, 4.69) is 5.32 Å². The van der Waals surface area contributed by atoms with Crippen LogP contribution >= 0.6 is 0 Å². The zero-order chi connectivity index (χ0) is 20.6. The van der Waals surface area contributed by atoms with Gasteiger partial charge >= 0.3 is 0 Å². The third-order valence-corrected chi connectivity index (χ3v) is 4.67. The Morgan fingerprint density at radius 3 is 2.66 bits per heavy atom. The van der Waals surface area contributed by atoms with Crippen molar-refractivity contribution in [1.29, 1.82) is 0 Å². The molecule has 2 amide bonds. The van der Waals surface area contributed by atoms with E-state index < -0.39 is 5.82 Å². The van der Waals surface area contributed by atoms with Crippen molar-refractivity contribution in [3.8, 4) is 11.5 Å². The minimum atomic E-state index is -0.407. The van der Waals surface area contributed by atoms with Crippen molar-refractivity contribution in [3.63, 3.8) is 0 Å². The molecule has 0 saturated carbocycles. The molecule has 1 atom stereocenters. The maximum atomic E-state index is 13.5. The van der Waals surface area contributed by atoms with Crippen LogP contribution in [0.3, 0.4) is 0 Å². The second kappa shape index (κ2) is 9.91. The third kappa shape index (κ3) is 5.47. The zero-order valence-electron chi connectivity index (χ0n) is 16.4. The first-order valence-corrected chi connectivity index (χ1v) is 9.76. The number of para-hydroxylation sites is 1. The molecular formula is C22H25FN2O4. The van der Waals surface area contributed by atoms with E-state index in [4.69, 9.17) is 9.47 Å². The molecule has 0 spiro atoms. The number of nitrogens with one attached hydrogen (secondary N) is 1. The second-order valence-corrected chi connectivity index (χ2v) is 6.76. The van der Waals surface area contributed by atoms with Crippen LogP contribution in [0.1, 0.15) is 19.8 Å². The van der Waals surface area contributed by atoms with Gasteiger partial charge < -0.3 is 19.7 Å². The summed E-state index contributed by atoms with van der Waals surface area (Å²) in [6.45, 7) is 3.54. The van der Waals surface area contributed by atoms with Gasteiger partial charge in [0.25, 0.3) is 0 Å². The Hall–Kier alpha value is -3.09. The summed E-state index contributed by atoms with van der Waals surface area (Å²) in [5, 5.41) is 2.83. The fourth-order valence-corrected chi connectivity index (χ4v) is 3.19. The molecule has 1 aliphatic heterocycles. The van der Waals surface area contributed by atoms with Crippen LogP contribution < -0.4 is 19.7 Å². The fraction of sp³-hybridized carbons (Fsp3) is 0.364. The molecule has 2 aromatic carbocycles. The summed E-state index contributed by atoms with van der Waals surface area (Å²) >= 11 is 0. The molecule has 154 valence electrons. The van der Waals surface area contributed by atoms with Crippen LogP contribution in [0.4, 0.5) is 10.1 Å². The first-order chi connectivity index (χ1) is 14.1. The van der Waals surface area contributed by atoms with E-state index in [0.717, 1.165) is 11.4 Å². The molecule has 1 aliphatic rings. The largest absolute Gasteiger partial charge is 0.494 e. The van der Waals surface area contributed by atoms with Crippen molar-refractivity contribution < 1.29 is 23.5 Å². The number of carbonyl (C=O) groups is 2. The van der Waals surface area contributed by atoms with Crippen LogP contribution in [0.25, 0.3) is 0 Å². The lowest BCUT2D eigenvalue weighted by atomic mass is 10.1. The highest BCUT2D eigenvalue weighted by Crippen LogP contribution is 2.27. The first kappa shape index (κ1) is 20.6. The van der Waals surface area contributed by atoms with Crippen LogP contribution in [0.2, 0.25) is 0 Å². The van der Waals surface area contributed by atoms with Crippen LogP contribution in [0.5, 0.6) is 11.5 Å². The molecular weight excluding hydrogens is 375 g/mol. The number of amides is 2. The predicted octanol–water partition coefficient (Wildman–Crippen LogP) is 3.16. The van der Waals surface area contributed by atoms with Gasteiger partial charge in [0, 0.05) is 25.2 Å². The average molecular weight is 400 g/mol. The maximum absolute atomic E-state index is 13.5. The molecule has 0 radical (unpaired) electrons. The molecule has 0 bridgehead atoms. The molecule has 3 rings (SSSR count). The van der Waals surface area contributed by atoms with Gasteiger partial charge in [-0.25, -0.2) is 4.39 Å². The Morgan fingerprint density at radius 2 is 1.93 bits per heavy atom. The van der Waals surface area contributed by atoms with Crippen LogP contribution in [-0.2, 0) is 9.59 Å². The normalized spacial score (nSPS) is 16.0. The number of carbonyl (C=O) groups excluding carboxylic acids is 2. The van der Waals surface area contributed by atoms with Gasteiger partial charge in [-0.2, -0.15) is 0 Å². The molecule has 29 heavy (non-hydrogen) atoms. The smallest absolute Gasteiger partial charge is 0.227 e. The first-order valence-electron chi connectivity index (χ1n) is 9.76. The Labute approximate surface area is 169 Å². The van der Waals surface area contributed by atoms with E-state index in [1.54, 1.807) is 23.1 Å². The van der Waals surface area contributed by atoms with Crippen molar-refractivity contribution in [2.75, 3.05) is 31.2 Å². The summed E-state index contributed by atoms with van der Waals surface area (Å²) in [6, 6.07) is 13.5. The standard InChI is InChI=1S/C22H25FN2O4/c1-2-28-18-10-8-17(9-11-18)25-15-16(14-21(25)26)22(27)24-12-5-13-29-20-7-4-3-6-19(20)23/h3-4,6-11,16H,2,5,12-15H2,1H3,(H,24,27). The molecule has 6 nitrogen and oxygen atoms in total. The highest BCUT2D eigenvalue weighted by molar-refractivity contribution is 6.00. The van der Waals surface area contributed by atoms with Crippen molar-refractivity contribution in [3.05, 3.63) is 54.3 Å². The van der Waals surface area contributed by atoms with Gasteiger partial charge in [-0.15, -0.1) is 0 Å². The summed E-state index contributed by atoms with van der Waals surface area (Å²) in [6.07, 6.45) is 0.730. The molecule has 1 fully saturated rings. The Kier molecular flexibility index (Phi) is 7.05. The van der Waals surface area contributed by atoms with Crippen LogP contribution in [0.15, 0.2) is 48.5 Å². The molecule has 2 aromatic rings. The van der Waals surface area contributed by atoms with E-state index in [-0.39, 0.29) is 29.9 Å². The molecule has 0 aliphatic carbocycles. The van der Waals surface area contributed by atoms with Gasteiger partial charge in [-0.3, -0.25) is 9.59 Å². The van der Waals surface area contributed by atoms with Crippen LogP contribution in [-0.4, -0.2) is 38.1 Å². The lowest BCUT2D eigenvalue weighted by Crippen LogP contribution is -2.34. The minimum Gasteiger partial charge on any atom is -0.494 e.